The Labute approximate surface area is 300 Å². The summed E-state index contributed by atoms with van der Waals surface area (Å²) in [5.41, 5.74) is -5.19. The first-order chi connectivity index (χ1) is 23.9. The van der Waals surface area contributed by atoms with Gasteiger partial charge in [-0.05, 0) is 73.0 Å². The van der Waals surface area contributed by atoms with E-state index in [-0.39, 0.29) is 54.7 Å². The Morgan fingerprint density at radius 3 is 2.41 bits per heavy atom. The van der Waals surface area contributed by atoms with Gasteiger partial charge in [-0.15, -0.1) is 11.8 Å². The van der Waals surface area contributed by atoms with E-state index in [1.54, 1.807) is 12.2 Å². The highest BCUT2D eigenvalue weighted by Gasteiger charge is 2.80. The highest BCUT2D eigenvalue weighted by atomic mass is 16.4. The molecule has 0 aliphatic heterocycles. The maximum atomic E-state index is 15.1. The van der Waals surface area contributed by atoms with Crippen molar-refractivity contribution >= 4 is 23.6 Å². The first-order valence-electron chi connectivity index (χ1n) is 18.4. The third kappa shape index (κ3) is 4.60. The van der Waals surface area contributed by atoms with Crippen molar-refractivity contribution in [2.45, 2.75) is 103 Å². The predicted octanol–water partition coefficient (Wildman–Crippen LogP) is 6.13. The van der Waals surface area contributed by atoms with Gasteiger partial charge in [-0.1, -0.05) is 76.3 Å². The zero-order valence-corrected chi connectivity index (χ0v) is 30.2. The summed E-state index contributed by atoms with van der Waals surface area (Å²) >= 11 is 0. The van der Waals surface area contributed by atoms with E-state index < -0.39 is 62.5 Å². The first-order valence-corrected chi connectivity index (χ1v) is 18.4. The van der Waals surface area contributed by atoms with Crippen LogP contribution >= 0.6 is 0 Å². The van der Waals surface area contributed by atoms with E-state index in [0.29, 0.717) is 36.8 Å². The largest absolute Gasteiger partial charge is 0.509 e. The molecule has 8 nitrogen and oxygen atoms in total. The van der Waals surface area contributed by atoms with Crippen molar-refractivity contribution in [2.24, 2.45) is 45.3 Å². The summed E-state index contributed by atoms with van der Waals surface area (Å²) in [6.07, 6.45) is 8.16. The Morgan fingerprint density at radius 1 is 1.02 bits per heavy atom. The molecule has 6 aliphatic rings. The molecule has 7 rings (SSSR count). The van der Waals surface area contributed by atoms with E-state index >= 15 is 4.79 Å². The predicted molar refractivity (Wildman–Crippen MR) is 192 cm³/mol. The van der Waals surface area contributed by atoms with Gasteiger partial charge in [0.25, 0.3) is 0 Å². The standard InChI is InChI=1S/C43H50O8/c1-25(22-30(44)34(47)26(2)37(48)49)29-23-41(50)20-21-42(51)28(15-14-27-12-8-6-9-13-27)35-38(3)17-10-7-11-18-43(41)36(42)33(31(45)24-40(29,43)5)39(35,4)19-16-32(38)46/h6,8-9,12-15,20-21,25,28-30,35,44,47,50-51H,11,16-19,22-24H2,1-5H3,(H,48,49)/b15-14+,34-26-/t25-,28-,29-,30+,35-,38-,39-,40-,41+,42-,43+/m1/s1. The van der Waals surface area contributed by atoms with E-state index in [4.69, 9.17) is 0 Å². The van der Waals surface area contributed by atoms with Crippen LogP contribution in [0.4, 0.5) is 0 Å². The molecule has 6 aliphatic carbocycles. The van der Waals surface area contributed by atoms with Crippen molar-refractivity contribution in [1.29, 1.82) is 0 Å². The fraction of sp³-hybridized carbons (Fsp3) is 0.558. The number of hydrogen-bond acceptors (Lipinski definition) is 7. The minimum atomic E-state index is -1.70. The quantitative estimate of drug-likeness (QED) is 0.0990. The third-order valence-corrected chi connectivity index (χ3v) is 14.7. The van der Waals surface area contributed by atoms with Crippen molar-refractivity contribution in [1.82, 2.24) is 0 Å². The van der Waals surface area contributed by atoms with Gasteiger partial charge in [-0.2, -0.15) is 0 Å². The number of allylic oxidation sites excluding steroid dienone is 1. The molecule has 0 radical (unpaired) electrons. The molecular formula is C43H50O8. The number of aliphatic hydroxyl groups excluding tert-OH is 2. The summed E-state index contributed by atoms with van der Waals surface area (Å²) in [4.78, 5) is 40.8. The maximum Gasteiger partial charge on any atom is 0.334 e. The topological polar surface area (TPSA) is 152 Å². The minimum absolute atomic E-state index is 0.0133. The fourth-order valence-electron chi connectivity index (χ4n) is 12.4. The number of rotatable bonds is 7. The van der Waals surface area contributed by atoms with Gasteiger partial charge in [0.2, 0.25) is 0 Å². The van der Waals surface area contributed by atoms with Crippen molar-refractivity contribution in [3.05, 3.63) is 76.6 Å². The molecule has 11 atom stereocenters. The Balaban J connectivity index is 1.48. The van der Waals surface area contributed by atoms with E-state index in [9.17, 15) is 35.1 Å². The average Bonchev–Trinajstić information content (AvgIpc) is 3.27. The molecule has 4 bridgehead atoms. The highest BCUT2D eigenvalue weighted by Crippen LogP contribution is 2.79. The van der Waals surface area contributed by atoms with Crippen molar-refractivity contribution < 1.29 is 39.9 Å². The smallest absolute Gasteiger partial charge is 0.334 e. The molecule has 0 unspecified atom stereocenters. The van der Waals surface area contributed by atoms with Crippen LogP contribution in [0, 0.1) is 57.2 Å². The Hall–Kier alpha value is -3.77. The van der Waals surface area contributed by atoms with Crippen LogP contribution in [0.15, 0.2) is 71.0 Å². The highest BCUT2D eigenvalue weighted by molar-refractivity contribution is 6.02. The van der Waals surface area contributed by atoms with E-state index in [0.717, 1.165) is 5.56 Å². The van der Waals surface area contributed by atoms with Crippen LogP contribution in [0.1, 0.15) is 91.5 Å². The molecule has 0 aromatic heterocycles. The van der Waals surface area contributed by atoms with Gasteiger partial charge < -0.3 is 25.5 Å². The van der Waals surface area contributed by atoms with Crippen LogP contribution in [0.5, 0.6) is 0 Å². The zero-order valence-electron chi connectivity index (χ0n) is 30.2. The van der Waals surface area contributed by atoms with Crippen LogP contribution in [0.25, 0.3) is 6.08 Å². The second kappa shape index (κ2) is 11.6. The molecule has 51 heavy (non-hydrogen) atoms. The summed E-state index contributed by atoms with van der Waals surface area (Å²) in [6.45, 7) is 9.24. The molecule has 8 heteroatoms. The normalized spacial score (nSPS) is 42.5. The number of carboxylic acids is 1. The fourth-order valence-corrected chi connectivity index (χ4v) is 12.4. The van der Waals surface area contributed by atoms with E-state index in [2.05, 4.69) is 18.8 Å². The molecule has 2 fully saturated rings. The Morgan fingerprint density at radius 2 is 1.73 bits per heavy atom. The number of fused-ring (bicyclic) bond motifs is 1. The van der Waals surface area contributed by atoms with Crippen LogP contribution in [-0.4, -0.2) is 60.4 Å². The van der Waals surface area contributed by atoms with Crippen LogP contribution < -0.4 is 0 Å². The summed E-state index contributed by atoms with van der Waals surface area (Å²) in [7, 11) is 0. The summed E-state index contributed by atoms with van der Waals surface area (Å²) in [5, 5.41) is 57.8. The molecule has 270 valence electrons. The monoisotopic (exact) mass is 694 g/mol. The number of hydrogen-bond donors (Lipinski definition) is 5. The molecular weight excluding hydrogens is 644 g/mol. The SMILES string of the molecule is C/C(C(=O)O)=C(/O)[C@@H](O)C[C@@H](C)[C@H]1C[C@@]2(O)C=C[C@]3(O)C4=C5C(=O)C[C@@]1(C)[C@]42CCC#CC[C@]1(C)C(=O)CC[C@@]5(C)[C@@H]1[C@H]3/C=C/c1ccccc1. The summed E-state index contributed by atoms with van der Waals surface area (Å²) < 4.78 is 0. The number of carbonyl (C=O) groups is 3. The molecule has 1 spiro atoms. The van der Waals surface area contributed by atoms with Crippen molar-refractivity contribution in [2.75, 3.05) is 0 Å². The first kappa shape index (κ1) is 35.6. The van der Waals surface area contributed by atoms with Gasteiger partial charge in [0, 0.05) is 53.4 Å². The van der Waals surface area contributed by atoms with Gasteiger partial charge >= 0.3 is 5.97 Å². The summed E-state index contributed by atoms with van der Waals surface area (Å²) in [5.74, 6) is 2.97. The van der Waals surface area contributed by atoms with E-state index in [1.807, 2.05) is 63.3 Å². The number of aliphatic carboxylic acids is 1. The van der Waals surface area contributed by atoms with Gasteiger partial charge in [-0.3, -0.25) is 9.59 Å². The lowest BCUT2D eigenvalue weighted by molar-refractivity contribution is -0.166. The van der Waals surface area contributed by atoms with Gasteiger partial charge in [-0.25, -0.2) is 4.79 Å². The number of benzene rings is 1. The number of aliphatic hydroxyl groups is 4. The van der Waals surface area contributed by atoms with Crippen LogP contribution in [0.3, 0.4) is 0 Å². The van der Waals surface area contributed by atoms with E-state index in [1.165, 1.54) is 6.92 Å². The number of Topliss-reactive ketones (excluding diaryl/α,β-unsaturated/α-hetero) is 2. The summed E-state index contributed by atoms with van der Waals surface area (Å²) in [6, 6.07) is 9.80. The van der Waals surface area contributed by atoms with Crippen molar-refractivity contribution in [3.63, 3.8) is 0 Å². The van der Waals surface area contributed by atoms with Crippen LogP contribution in [0.2, 0.25) is 0 Å². The maximum absolute atomic E-state index is 15.1. The Bertz CT molecular complexity index is 1890. The second-order valence-corrected chi connectivity index (χ2v) is 17.2. The number of ketones is 2. The molecule has 2 saturated carbocycles. The third-order valence-electron chi connectivity index (χ3n) is 14.7. The molecule has 1 aromatic rings. The lowest BCUT2D eigenvalue weighted by atomic mass is 9.35. The zero-order chi connectivity index (χ0) is 36.9. The van der Waals surface area contributed by atoms with Crippen molar-refractivity contribution in [3.8, 4) is 11.8 Å². The molecule has 5 N–H and O–H groups in total. The molecule has 1 aromatic carbocycles. The molecule has 0 heterocycles. The molecule has 0 amide bonds. The number of carbonyl (C=O) groups excluding carboxylic acids is 2. The lowest BCUT2D eigenvalue weighted by Gasteiger charge is -2.68. The van der Waals surface area contributed by atoms with Gasteiger partial charge in [0.15, 0.2) is 5.78 Å². The van der Waals surface area contributed by atoms with Crippen LogP contribution in [-0.2, 0) is 14.4 Å². The lowest BCUT2D eigenvalue weighted by Crippen LogP contribution is -2.70. The number of carboxylic acid groups (broad SMARTS) is 1. The van der Waals surface area contributed by atoms with Gasteiger partial charge in [0.05, 0.1) is 11.2 Å². The Kier molecular flexibility index (Phi) is 8.11. The minimum Gasteiger partial charge on any atom is -0.509 e. The second-order valence-electron chi connectivity index (χ2n) is 17.2. The van der Waals surface area contributed by atoms with Gasteiger partial charge in [0.1, 0.15) is 23.2 Å². The average molecular weight is 695 g/mol. The molecule has 0 saturated heterocycles.